The van der Waals surface area contributed by atoms with Crippen molar-refractivity contribution < 1.29 is 18.0 Å². The van der Waals surface area contributed by atoms with Crippen molar-refractivity contribution in [3.8, 4) is 0 Å². The van der Waals surface area contributed by atoms with Crippen LogP contribution in [0.4, 0.5) is 0 Å². The number of halogens is 2. The number of likely N-dealkylation sites (N-methyl/N-ethyl adjacent to an activating group) is 2. The number of sulfonamides is 1. The van der Waals surface area contributed by atoms with Crippen molar-refractivity contribution in [3.63, 3.8) is 0 Å². The van der Waals surface area contributed by atoms with Gasteiger partial charge in [-0.2, -0.15) is 4.31 Å². The van der Waals surface area contributed by atoms with E-state index in [1.807, 2.05) is 37.3 Å². The van der Waals surface area contributed by atoms with Gasteiger partial charge in [0.15, 0.2) is 0 Å². The molecule has 2 amide bonds. The molecule has 202 valence electrons. The van der Waals surface area contributed by atoms with E-state index >= 15 is 0 Å². The zero-order valence-electron chi connectivity index (χ0n) is 21.5. The van der Waals surface area contributed by atoms with E-state index in [1.165, 1.54) is 24.1 Å². The first-order valence-electron chi connectivity index (χ1n) is 12.1. The first-order valence-corrected chi connectivity index (χ1v) is 14.3. The summed E-state index contributed by atoms with van der Waals surface area (Å²) in [6, 6.07) is 19.8. The molecule has 0 spiro atoms. The van der Waals surface area contributed by atoms with Crippen LogP contribution in [0.5, 0.6) is 0 Å². The molecule has 0 aliphatic heterocycles. The summed E-state index contributed by atoms with van der Waals surface area (Å²) in [7, 11) is -2.59. The number of hydrogen-bond acceptors (Lipinski definition) is 4. The molecule has 0 aliphatic rings. The van der Waals surface area contributed by atoms with Crippen molar-refractivity contribution in [3.05, 3.63) is 99.5 Å². The zero-order chi connectivity index (χ0) is 27.9. The standard InChI is InChI=1S/C28H31Cl2N3O4S/c1-4-31-28(35)26(17-21-8-6-5-7-9-21)33(18-22-12-15-24(29)25(30)16-22)27(34)19-32(3)38(36,37)23-13-10-20(2)11-14-23/h5-16,26H,4,17-19H2,1-3H3,(H,31,35)/t26-/m0/s1. The van der Waals surface area contributed by atoms with Crippen LogP contribution in [0.1, 0.15) is 23.6 Å². The van der Waals surface area contributed by atoms with Gasteiger partial charge in [-0.3, -0.25) is 9.59 Å². The molecule has 1 N–H and O–H groups in total. The summed E-state index contributed by atoms with van der Waals surface area (Å²) in [5, 5.41) is 3.49. The lowest BCUT2D eigenvalue weighted by molar-refractivity contribution is -0.141. The van der Waals surface area contributed by atoms with E-state index in [4.69, 9.17) is 23.2 Å². The molecule has 0 saturated carbocycles. The molecule has 0 aromatic heterocycles. The lowest BCUT2D eigenvalue weighted by Crippen LogP contribution is -2.53. The highest BCUT2D eigenvalue weighted by molar-refractivity contribution is 7.89. The van der Waals surface area contributed by atoms with E-state index in [1.54, 1.807) is 37.3 Å². The summed E-state index contributed by atoms with van der Waals surface area (Å²) < 4.78 is 27.4. The quantitative estimate of drug-likeness (QED) is 0.359. The van der Waals surface area contributed by atoms with Crippen molar-refractivity contribution in [2.24, 2.45) is 0 Å². The largest absolute Gasteiger partial charge is 0.355 e. The Morgan fingerprint density at radius 1 is 0.921 bits per heavy atom. The van der Waals surface area contributed by atoms with E-state index in [2.05, 4.69) is 5.32 Å². The van der Waals surface area contributed by atoms with Gasteiger partial charge in [-0.15, -0.1) is 0 Å². The SMILES string of the molecule is CCNC(=O)[C@H](Cc1ccccc1)N(Cc1ccc(Cl)c(Cl)c1)C(=O)CN(C)S(=O)(=O)c1ccc(C)cc1. The minimum Gasteiger partial charge on any atom is -0.355 e. The van der Waals surface area contributed by atoms with Crippen molar-refractivity contribution >= 4 is 45.0 Å². The summed E-state index contributed by atoms with van der Waals surface area (Å²) >= 11 is 12.3. The third-order valence-electron chi connectivity index (χ3n) is 6.05. The second kappa shape index (κ2) is 13.2. The van der Waals surface area contributed by atoms with Gasteiger partial charge < -0.3 is 10.2 Å². The molecule has 0 heterocycles. The summed E-state index contributed by atoms with van der Waals surface area (Å²) in [5.41, 5.74) is 2.43. The molecule has 3 aromatic rings. The maximum absolute atomic E-state index is 13.8. The minimum atomic E-state index is -3.94. The highest BCUT2D eigenvalue weighted by Crippen LogP contribution is 2.25. The van der Waals surface area contributed by atoms with Crippen molar-refractivity contribution in [1.82, 2.24) is 14.5 Å². The Hall–Kier alpha value is -2.91. The van der Waals surface area contributed by atoms with E-state index in [-0.39, 0.29) is 23.8 Å². The molecule has 3 aromatic carbocycles. The molecule has 10 heteroatoms. The first kappa shape index (κ1) is 29.6. The number of amides is 2. The Labute approximate surface area is 234 Å². The molecular formula is C28H31Cl2N3O4S. The van der Waals surface area contributed by atoms with E-state index in [0.29, 0.717) is 22.2 Å². The van der Waals surface area contributed by atoms with Gasteiger partial charge in [0.05, 0.1) is 21.5 Å². The highest BCUT2D eigenvalue weighted by atomic mass is 35.5. The van der Waals surface area contributed by atoms with Crippen LogP contribution in [0.2, 0.25) is 10.0 Å². The fourth-order valence-corrected chi connectivity index (χ4v) is 5.38. The molecule has 3 rings (SSSR count). The summed E-state index contributed by atoms with van der Waals surface area (Å²) in [5.74, 6) is -0.866. The number of hydrogen-bond donors (Lipinski definition) is 1. The van der Waals surface area contributed by atoms with Gasteiger partial charge in [-0.1, -0.05) is 77.3 Å². The molecule has 7 nitrogen and oxygen atoms in total. The van der Waals surface area contributed by atoms with Gasteiger partial charge in [0.25, 0.3) is 0 Å². The van der Waals surface area contributed by atoms with E-state index in [9.17, 15) is 18.0 Å². The third-order valence-corrected chi connectivity index (χ3v) is 8.60. The molecular weight excluding hydrogens is 545 g/mol. The molecule has 0 aliphatic carbocycles. The molecule has 0 unspecified atom stereocenters. The number of rotatable bonds is 11. The Morgan fingerprint density at radius 2 is 1.58 bits per heavy atom. The van der Waals surface area contributed by atoms with Crippen LogP contribution < -0.4 is 5.32 Å². The summed E-state index contributed by atoms with van der Waals surface area (Å²) in [6.45, 7) is 3.61. The molecule has 0 radical (unpaired) electrons. The molecule has 0 saturated heterocycles. The van der Waals surface area contributed by atoms with Crippen LogP contribution in [-0.4, -0.2) is 55.6 Å². The van der Waals surface area contributed by atoms with Gasteiger partial charge in [0, 0.05) is 26.6 Å². The number of nitrogens with zero attached hydrogens (tertiary/aromatic N) is 2. The van der Waals surface area contributed by atoms with Gasteiger partial charge in [-0.25, -0.2) is 8.42 Å². The van der Waals surface area contributed by atoms with Crippen molar-refractivity contribution in [1.29, 1.82) is 0 Å². The second-order valence-corrected chi connectivity index (χ2v) is 11.8. The van der Waals surface area contributed by atoms with Gasteiger partial charge in [-0.05, 0) is 49.2 Å². The average Bonchev–Trinajstić information content (AvgIpc) is 2.89. The molecule has 0 bridgehead atoms. The fourth-order valence-electron chi connectivity index (χ4n) is 3.94. The lowest BCUT2D eigenvalue weighted by atomic mass is 10.0. The maximum atomic E-state index is 13.8. The Balaban J connectivity index is 1.97. The monoisotopic (exact) mass is 575 g/mol. The van der Waals surface area contributed by atoms with Crippen LogP contribution in [0.3, 0.4) is 0 Å². The zero-order valence-corrected chi connectivity index (χ0v) is 23.9. The summed E-state index contributed by atoms with van der Waals surface area (Å²) in [4.78, 5) is 28.5. The predicted molar refractivity (Wildman–Crippen MR) is 151 cm³/mol. The van der Waals surface area contributed by atoms with Crippen LogP contribution in [0, 0.1) is 6.92 Å². The Kier molecular flexibility index (Phi) is 10.3. The Bertz CT molecular complexity index is 1370. The number of nitrogens with one attached hydrogen (secondary N) is 1. The van der Waals surface area contributed by atoms with Crippen LogP contribution in [-0.2, 0) is 32.6 Å². The fraction of sp³-hybridized carbons (Fsp3) is 0.286. The lowest BCUT2D eigenvalue weighted by Gasteiger charge is -2.32. The van der Waals surface area contributed by atoms with Crippen LogP contribution >= 0.6 is 23.2 Å². The van der Waals surface area contributed by atoms with E-state index in [0.717, 1.165) is 15.4 Å². The topological polar surface area (TPSA) is 86.8 Å². The van der Waals surface area contributed by atoms with Crippen LogP contribution in [0.15, 0.2) is 77.7 Å². The molecule has 38 heavy (non-hydrogen) atoms. The average molecular weight is 577 g/mol. The maximum Gasteiger partial charge on any atom is 0.243 e. The smallest absolute Gasteiger partial charge is 0.243 e. The Morgan fingerprint density at radius 3 is 2.18 bits per heavy atom. The van der Waals surface area contributed by atoms with Gasteiger partial charge >= 0.3 is 0 Å². The van der Waals surface area contributed by atoms with Crippen LogP contribution in [0.25, 0.3) is 0 Å². The number of carbonyl (C=O) groups is 2. The molecule has 1 atom stereocenters. The normalized spacial score (nSPS) is 12.3. The minimum absolute atomic E-state index is 0.0305. The number of aryl methyl sites for hydroxylation is 1. The number of benzene rings is 3. The second-order valence-electron chi connectivity index (χ2n) is 8.94. The third kappa shape index (κ3) is 7.57. The predicted octanol–water partition coefficient (Wildman–Crippen LogP) is 4.70. The van der Waals surface area contributed by atoms with E-state index < -0.39 is 28.5 Å². The summed E-state index contributed by atoms with van der Waals surface area (Å²) in [6.07, 6.45) is 0.244. The highest BCUT2D eigenvalue weighted by Gasteiger charge is 2.33. The van der Waals surface area contributed by atoms with Gasteiger partial charge in [0.1, 0.15) is 6.04 Å². The van der Waals surface area contributed by atoms with Crippen molar-refractivity contribution in [2.75, 3.05) is 20.1 Å². The number of carbonyl (C=O) groups excluding carboxylic acids is 2. The van der Waals surface area contributed by atoms with Gasteiger partial charge in [0.2, 0.25) is 21.8 Å². The molecule has 0 fully saturated rings. The van der Waals surface area contributed by atoms with Crippen molar-refractivity contribution in [2.45, 2.75) is 37.8 Å². The first-order chi connectivity index (χ1) is 18.0.